The molecule has 0 saturated carbocycles. The van der Waals surface area contributed by atoms with Crippen molar-refractivity contribution in [3.05, 3.63) is 39.0 Å². The van der Waals surface area contributed by atoms with Gasteiger partial charge >= 0.3 is 0 Å². The third-order valence-corrected chi connectivity index (χ3v) is 7.27. The van der Waals surface area contributed by atoms with Gasteiger partial charge in [0, 0.05) is 16.6 Å². The Bertz CT molecular complexity index is 1170. The monoisotopic (exact) mass is 429 g/mol. The van der Waals surface area contributed by atoms with Crippen LogP contribution in [0.5, 0.6) is 11.5 Å². The second kappa shape index (κ2) is 7.38. The van der Waals surface area contributed by atoms with E-state index in [0.29, 0.717) is 22.3 Å². The van der Waals surface area contributed by atoms with E-state index in [0.717, 1.165) is 41.5 Å². The summed E-state index contributed by atoms with van der Waals surface area (Å²) in [6.45, 7) is 1.98. The Balaban J connectivity index is 1.33. The highest BCUT2D eigenvalue weighted by molar-refractivity contribution is 8.00. The number of hydrogen-bond donors (Lipinski definition) is 2. The minimum atomic E-state index is -0.435. The van der Waals surface area contributed by atoms with Gasteiger partial charge in [-0.2, -0.15) is 0 Å². The van der Waals surface area contributed by atoms with Gasteiger partial charge in [-0.3, -0.25) is 9.59 Å². The van der Waals surface area contributed by atoms with E-state index < -0.39 is 5.25 Å². The van der Waals surface area contributed by atoms with Crippen LogP contribution < -0.4 is 20.3 Å². The number of ether oxygens (including phenoxy) is 2. The SMILES string of the molecule is CC(Sc1nc2sc3c(c2c(=O)[nH]1)CCCC3)C(=O)Nc1ccc2c(c1)OCO2. The van der Waals surface area contributed by atoms with Gasteiger partial charge in [0.05, 0.1) is 10.6 Å². The molecule has 0 saturated heterocycles. The molecule has 7 nitrogen and oxygen atoms in total. The number of thiophene rings is 1. The topological polar surface area (TPSA) is 93.3 Å². The molecule has 1 amide bonds. The highest BCUT2D eigenvalue weighted by atomic mass is 32.2. The number of nitrogens with zero attached hydrogens (tertiary/aromatic N) is 1. The molecule has 3 heterocycles. The maximum Gasteiger partial charge on any atom is 0.260 e. The van der Waals surface area contributed by atoms with Crippen molar-refractivity contribution in [3.8, 4) is 11.5 Å². The number of anilines is 1. The number of carbonyl (C=O) groups excluding carboxylic acids is 1. The van der Waals surface area contributed by atoms with Gasteiger partial charge in [0.25, 0.3) is 5.56 Å². The quantitative estimate of drug-likeness (QED) is 0.485. The van der Waals surface area contributed by atoms with E-state index in [1.54, 1.807) is 36.5 Å². The summed E-state index contributed by atoms with van der Waals surface area (Å²) in [5, 5.41) is 3.63. The van der Waals surface area contributed by atoms with E-state index in [1.165, 1.54) is 16.6 Å². The lowest BCUT2D eigenvalue weighted by atomic mass is 9.97. The molecule has 5 rings (SSSR count). The number of benzene rings is 1. The molecule has 0 bridgehead atoms. The summed E-state index contributed by atoms with van der Waals surface area (Å²) >= 11 is 2.85. The molecule has 2 aromatic heterocycles. The first-order valence-electron chi connectivity index (χ1n) is 9.50. The molecule has 1 aliphatic heterocycles. The van der Waals surface area contributed by atoms with Crippen LogP contribution in [0.25, 0.3) is 10.2 Å². The lowest BCUT2D eigenvalue weighted by Crippen LogP contribution is -2.23. The molecule has 9 heteroatoms. The molecule has 1 aromatic carbocycles. The Kier molecular flexibility index (Phi) is 4.71. The second-order valence-electron chi connectivity index (χ2n) is 7.08. The summed E-state index contributed by atoms with van der Waals surface area (Å²) in [6.07, 6.45) is 4.25. The Hall–Kier alpha value is -2.52. The summed E-state index contributed by atoms with van der Waals surface area (Å²) < 4.78 is 10.6. The summed E-state index contributed by atoms with van der Waals surface area (Å²) in [6, 6.07) is 5.27. The maximum atomic E-state index is 12.7. The molecule has 0 spiro atoms. The zero-order valence-electron chi connectivity index (χ0n) is 15.7. The van der Waals surface area contributed by atoms with Gasteiger partial charge in [0.1, 0.15) is 4.83 Å². The van der Waals surface area contributed by atoms with Crippen molar-refractivity contribution in [2.75, 3.05) is 12.1 Å². The highest BCUT2D eigenvalue weighted by Gasteiger charge is 2.22. The minimum Gasteiger partial charge on any atom is -0.454 e. The molecule has 2 aliphatic rings. The van der Waals surface area contributed by atoms with Gasteiger partial charge in [-0.1, -0.05) is 11.8 Å². The van der Waals surface area contributed by atoms with Crippen molar-refractivity contribution >= 4 is 44.9 Å². The maximum absolute atomic E-state index is 12.7. The number of aromatic nitrogens is 2. The van der Waals surface area contributed by atoms with Crippen LogP contribution in [0.4, 0.5) is 5.69 Å². The number of fused-ring (bicyclic) bond motifs is 4. The number of amides is 1. The van der Waals surface area contributed by atoms with Crippen LogP contribution in [0.1, 0.15) is 30.2 Å². The second-order valence-corrected chi connectivity index (χ2v) is 9.49. The van der Waals surface area contributed by atoms with Crippen LogP contribution >= 0.6 is 23.1 Å². The molecule has 1 atom stereocenters. The number of thioether (sulfide) groups is 1. The Morgan fingerprint density at radius 2 is 2.10 bits per heavy atom. The molecule has 3 aromatic rings. The third kappa shape index (κ3) is 3.49. The third-order valence-electron chi connectivity index (χ3n) is 5.10. The fourth-order valence-electron chi connectivity index (χ4n) is 3.64. The number of H-pyrrole nitrogens is 1. The highest BCUT2D eigenvalue weighted by Crippen LogP contribution is 2.36. The predicted molar refractivity (Wildman–Crippen MR) is 113 cm³/mol. The number of aryl methyl sites for hydroxylation is 2. The Labute approximate surface area is 174 Å². The van der Waals surface area contributed by atoms with Crippen LogP contribution in [-0.2, 0) is 17.6 Å². The minimum absolute atomic E-state index is 0.111. The van der Waals surface area contributed by atoms with Gasteiger partial charge in [-0.25, -0.2) is 4.98 Å². The van der Waals surface area contributed by atoms with Gasteiger partial charge in [-0.15, -0.1) is 11.3 Å². The normalized spacial score (nSPS) is 15.9. The van der Waals surface area contributed by atoms with Crippen LogP contribution in [-0.4, -0.2) is 27.9 Å². The van der Waals surface area contributed by atoms with Crippen molar-refractivity contribution in [1.29, 1.82) is 0 Å². The van der Waals surface area contributed by atoms with Gasteiger partial charge in [0.15, 0.2) is 16.7 Å². The molecule has 0 fully saturated rings. The summed E-state index contributed by atoms with van der Waals surface area (Å²) in [7, 11) is 0. The predicted octanol–water partition coefficient (Wildman–Crippen LogP) is 3.71. The standard InChI is InChI=1S/C20H19N3O4S2/c1-10(17(24)21-11-6-7-13-14(8-11)27-9-26-13)28-20-22-18(25)16-12-4-2-3-5-15(12)29-19(16)23-20/h6-8,10H,2-5,9H2,1H3,(H,21,24)(H,22,23,25). The average molecular weight is 430 g/mol. The van der Waals surface area contributed by atoms with E-state index in [2.05, 4.69) is 15.3 Å². The molecule has 1 aliphatic carbocycles. The van der Waals surface area contributed by atoms with Crippen LogP contribution in [0, 0.1) is 0 Å². The zero-order valence-corrected chi connectivity index (χ0v) is 17.4. The summed E-state index contributed by atoms with van der Waals surface area (Å²) in [5.74, 6) is 1.10. The van der Waals surface area contributed by atoms with Gasteiger partial charge in [0.2, 0.25) is 12.7 Å². The smallest absolute Gasteiger partial charge is 0.260 e. The fraction of sp³-hybridized carbons (Fsp3) is 0.350. The fourth-order valence-corrected chi connectivity index (χ4v) is 5.76. The summed E-state index contributed by atoms with van der Waals surface area (Å²) in [5.41, 5.74) is 1.69. The van der Waals surface area contributed by atoms with Crippen LogP contribution in [0.15, 0.2) is 28.2 Å². The number of carbonyl (C=O) groups is 1. The van der Waals surface area contributed by atoms with E-state index >= 15 is 0 Å². The van der Waals surface area contributed by atoms with Crippen molar-refractivity contribution < 1.29 is 14.3 Å². The number of aromatic amines is 1. The average Bonchev–Trinajstić information content (AvgIpc) is 3.31. The Morgan fingerprint density at radius 3 is 3.00 bits per heavy atom. The zero-order chi connectivity index (χ0) is 20.0. The molecule has 150 valence electrons. The van der Waals surface area contributed by atoms with E-state index in [4.69, 9.17) is 9.47 Å². The number of hydrogen-bond acceptors (Lipinski definition) is 7. The van der Waals surface area contributed by atoms with Crippen molar-refractivity contribution in [3.63, 3.8) is 0 Å². The molecule has 2 N–H and O–H groups in total. The number of rotatable bonds is 4. The lowest BCUT2D eigenvalue weighted by Gasteiger charge is -2.12. The number of nitrogens with one attached hydrogen (secondary N) is 2. The van der Waals surface area contributed by atoms with Crippen molar-refractivity contribution in [2.24, 2.45) is 0 Å². The largest absolute Gasteiger partial charge is 0.454 e. The molecule has 29 heavy (non-hydrogen) atoms. The first kappa shape index (κ1) is 18.5. The van der Waals surface area contributed by atoms with E-state index in [1.807, 2.05) is 0 Å². The van der Waals surface area contributed by atoms with Gasteiger partial charge in [-0.05, 0) is 50.3 Å². The molecular weight excluding hydrogens is 410 g/mol. The van der Waals surface area contributed by atoms with Crippen LogP contribution in [0.3, 0.4) is 0 Å². The van der Waals surface area contributed by atoms with Gasteiger partial charge < -0.3 is 19.8 Å². The Morgan fingerprint density at radius 1 is 1.28 bits per heavy atom. The first-order chi connectivity index (χ1) is 14.1. The first-order valence-corrected chi connectivity index (χ1v) is 11.2. The molecule has 0 radical (unpaired) electrons. The molecular formula is C20H19N3O4S2. The van der Waals surface area contributed by atoms with Crippen molar-refractivity contribution in [2.45, 2.75) is 43.0 Å². The van der Waals surface area contributed by atoms with Crippen molar-refractivity contribution in [1.82, 2.24) is 9.97 Å². The van der Waals surface area contributed by atoms with E-state index in [-0.39, 0.29) is 18.3 Å². The lowest BCUT2D eigenvalue weighted by molar-refractivity contribution is -0.115. The molecule has 1 unspecified atom stereocenters. The summed E-state index contributed by atoms with van der Waals surface area (Å²) in [4.78, 5) is 34.8. The van der Waals surface area contributed by atoms with Crippen LogP contribution in [0.2, 0.25) is 0 Å². The van der Waals surface area contributed by atoms with E-state index in [9.17, 15) is 9.59 Å².